The lowest BCUT2D eigenvalue weighted by molar-refractivity contribution is -0.140. The highest BCUT2D eigenvalue weighted by atomic mass is 32.1. The molecule has 3 fully saturated rings. The Morgan fingerprint density at radius 1 is 1.10 bits per heavy atom. The Kier molecular flexibility index (Phi) is 5.75. The van der Waals surface area contributed by atoms with Gasteiger partial charge in [-0.3, -0.25) is 24.2 Å². The molecule has 0 spiro atoms. The van der Waals surface area contributed by atoms with E-state index in [9.17, 15) is 14.4 Å². The summed E-state index contributed by atoms with van der Waals surface area (Å²) >= 11 is 1.48. The van der Waals surface area contributed by atoms with Crippen molar-refractivity contribution in [3.05, 3.63) is 24.3 Å². The topological polar surface area (TPSA) is 79.8 Å². The maximum Gasteiger partial charge on any atom is 0.233 e. The third kappa shape index (κ3) is 3.99. The van der Waals surface area contributed by atoms with Crippen LogP contribution in [-0.4, -0.2) is 53.4 Å². The first-order valence-electron chi connectivity index (χ1n) is 11.2. The molecule has 0 bridgehead atoms. The van der Waals surface area contributed by atoms with E-state index < -0.39 is 0 Å². The molecule has 0 N–H and O–H groups in total. The first-order chi connectivity index (χ1) is 15.1. The maximum atomic E-state index is 13.3. The smallest absolute Gasteiger partial charge is 0.233 e. The number of imide groups is 1. The van der Waals surface area contributed by atoms with Crippen LogP contribution in [0.15, 0.2) is 24.3 Å². The van der Waals surface area contributed by atoms with E-state index in [1.165, 1.54) is 16.2 Å². The van der Waals surface area contributed by atoms with Gasteiger partial charge in [-0.15, -0.1) is 0 Å². The zero-order chi connectivity index (χ0) is 21.4. The Labute approximate surface area is 185 Å². The van der Waals surface area contributed by atoms with E-state index in [-0.39, 0.29) is 48.6 Å². The number of ether oxygens (including phenoxy) is 1. The Hall–Kier alpha value is -2.32. The number of rotatable bonds is 6. The highest BCUT2D eigenvalue weighted by molar-refractivity contribution is 7.22. The molecular weight excluding hydrogens is 414 g/mol. The second-order valence-corrected chi connectivity index (χ2v) is 9.69. The van der Waals surface area contributed by atoms with Gasteiger partial charge in [0.15, 0.2) is 5.13 Å². The largest absolute Gasteiger partial charge is 0.376 e. The third-order valence-corrected chi connectivity index (χ3v) is 7.77. The number of carbonyl (C=O) groups excluding carboxylic acids is 3. The zero-order valence-corrected chi connectivity index (χ0v) is 18.3. The van der Waals surface area contributed by atoms with Crippen LogP contribution in [0.5, 0.6) is 0 Å². The zero-order valence-electron chi connectivity index (χ0n) is 17.5. The SMILES string of the molecule is O=C1C2CCCCC2C(=O)N1CCC(=O)N(CC1CCCO1)c1nc2ccccc2s1. The van der Waals surface area contributed by atoms with E-state index >= 15 is 0 Å². The molecule has 3 aliphatic rings. The number of anilines is 1. The molecule has 1 aromatic carbocycles. The quantitative estimate of drug-likeness (QED) is 0.642. The van der Waals surface area contributed by atoms with Crippen molar-refractivity contribution in [1.29, 1.82) is 0 Å². The number of likely N-dealkylation sites (tertiary alicyclic amines) is 1. The van der Waals surface area contributed by atoms with Crippen molar-refractivity contribution < 1.29 is 19.1 Å². The average molecular weight is 442 g/mol. The molecule has 3 amide bonds. The van der Waals surface area contributed by atoms with Gasteiger partial charge in [-0.2, -0.15) is 0 Å². The monoisotopic (exact) mass is 441 g/mol. The van der Waals surface area contributed by atoms with Crippen molar-refractivity contribution in [3.63, 3.8) is 0 Å². The molecule has 1 aromatic heterocycles. The summed E-state index contributed by atoms with van der Waals surface area (Å²) in [6.07, 6.45) is 5.59. The van der Waals surface area contributed by atoms with Gasteiger partial charge in [-0.05, 0) is 37.8 Å². The second-order valence-electron chi connectivity index (χ2n) is 8.68. The summed E-state index contributed by atoms with van der Waals surface area (Å²) in [5.74, 6) is -0.654. The van der Waals surface area contributed by atoms with Crippen LogP contribution >= 0.6 is 11.3 Å². The molecule has 5 rings (SSSR count). The van der Waals surface area contributed by atoms with E-state index in [2.05, 4.69) is 4.98 Å². The highest BCUT2D eigenvalue weighted by Crippen LogP contribution is 2.38. The summed E-state index contributed by atoms with van der Waals surface area (Å²) in [5, 5.41) is 0.648. The number of para-hydroxylation sites is 1. The number of aromatic nitrogens is 1. The lowest BCUT2D eigenvalue weighted by Crippen LogP contribution is -2.40. The number of benzene rings is 1. The molecule has 2 saturated heterocycles. The summed E-state index contributed by atoms with van der Waals surface area (Å²) in [5.41, 5.74) is 0.863. The number of hydrogen-bond donors (Lipinski definition) is 0. The molecule has 8 heteroatoms. The van der Waals surface area contributed by atoms with Crippen molar-refractivity contribution in [2.45, 2.75) is 51.0 Å². The Morgan fingerprint density at radius 3 is 2.52 bits per heavy atom. The van der Waals surface area contributed by atoms with Crippen LogP contribution in [0.2, 0.25) is 0 Å². The molecular formula is C23H27N3O4S. The van der Waals surface area contributed by atoms with Crippen molar-refractivity contribution >= 4 is 44.4 Å². The third-order valence-electron chi connectivity index (χ3n) is 6.71. The normalized spacial score (nSPS) is 25.9. The van der Waals surface area contributed by atoms with Crippen LogP contribution in [-0.2, 0) is 19.1 Å². The van der Waals surface area contributed by atoms with E-state index in [1.54, 1.807) is 4.90 Å². The van der Waals surface area contributed by atoms with E-state index in [1.807, 2.05) is 24.3 Å². The summed E-state index contributed by atoms with van der Waals surface area (Å²) in [4.78, 5) is 46.5. The fourth-order valence-electron chi connectivity index (χ4n) is 5.05. The van der Waals surface area contributed by atoms with Gasteiger partial charge in [0.2, 0.25) is 17.7 Å². The van der Waals surface area contributed by atoms with Gasteiger partial charge in [0.05, 0.1) is 34.7 Å². The number of carbonyl (C=O) groups is 3. The fourth-order valence-corrected chi connectivity index (χ4v) is 6.04. The minimum absolute atomic E-state index is 0.00566. The minimum Gasteiger partial charge on any atom is -0.376 e. The Morgan fingerprint density at radius 2 is 1.84 bits per heavy atom. The molecule has 7 nitrogen and oxygen atoms in total. The maximum absolute atomic E-state index is 13.3. The Balaban J connectivity index is 1.32. The van der Waals surface area contributed by atoms with Crippen LogP contribution in [0.1, 0.15) is 44.9 Å². The van der Waals surface area contributed by atoms with Gasteiger partial charge in [0, 0.05) is 19.6 Å². The lowest BCUT2D eigenvalue weighted by Gasteiger charge is -2.24. The van der Waals surface area contributed by atoms with Crippen molar-refractivity contribution in [2.24, 2.45) is 11.8 Å². The molecule has 3 unspecified atom stereocenters. The lowest BCUT2D eigenvalue weighted by atomic mass is 9.81. The van der Waals surface area contributed by atoms with Crippen LogP contribution in [0.25, 0.3) is 10.2 Å². The van der Waals surface area contributed by atoms with Gasteiger partial charge in [-0.1, -0.05) is 36.3 Å². The van der Waals surface area contributed by atoms with E-state index in [0.717, 1.165) is 48.7 Å². The van der Waals surface area contributed by atoms with Gasteiger partial charge < -0.3 is 4.74 Å². The summed E-state index contributed by atoms with van der Waals surface area (Å²) in [6.45, 7) is 1.31. The number of nitrogens with zero attached hydrogens (tertiary/aromatic N) is 3. The molecule has 2 aromatic rings. The summed E-state index contributed by atoms with van der Waals surface area (Å²) in [6, 6.07) is 7.82. The highest BCUT2D eigenvalue weighted by Gasteiger charge is 2.48. The van der Waals surface area contributed by atoms with Crippen LogP contribution < -0.4 is 4.90 Å². The molecule has 2 aliphatic heterocycles. The number of amides is 3. The molecule has 1 saturated carbocycles. The van der Waals surface area contributed by atoms with Gasteiger partial charge in [-0.25, -0.2) is 4.98 Å². The van der Waals surface area contributed by atoms with Crippen LogP contribution in [0, 0.1) is 11.8 Å². The van der Waals surface area contributed by atoms with Crippen LogP contribution in [0.3, 0.4) is 0 Å². The van der Waals surface area contributed by atoms with Gasteiger partial charge in [0.1, 0.15) is 0 Å². The first-order valence-corrected chi connectivity index (χ1v) is 12.1. The molecule has 3 heterocycles. The van der Waals surface area contributed by atoms with Gasteiger partial charge >= 0.3 is 0 Å². The van der Waals surface area contributed by atoms with Crippen LogP contribution in [0.4, 0.5) is 5.13 Å². The second kappa shape index (κ2) is 8.67. The number of fused-ring (bicyclic) bond motifs is 2. The number of thiazole rings is 1. The van der Waals surface area contributed by atoms with Crippen molar-refractivity contribution in [1.82, 2.24) is 9.88 Å². The average Bonchev–Trinajstić information content (AvgIpc) is 3.50. The predicted octanol–water partition coefficient (Wildman–Crippen LogP) is 3.37. The van der Waals surface area contributed by atoms with Crippen molar-refractivity contribution in [3.8, 4) is 0 Å². The fraction of sp³-hybridized carbons (Fsp3) is 0.565. The predicted molar refractivity (Wildman–Crippen MR) is 118 cm³/mol. The standard InChI is InChI=1S/C23H27N3O4S/c27-20(11-12-25-21(28)16-7-1-2-8-17(16)22(25)29)26(14-15-6-5-13-30-15)23-24-18-9-3-4-10-19(18)31-23/h3-4,9-10,15-17H,1-2,5-8,11-14H2. The Bertz CT molecular complexity index is 943. The van der Waals surface area contributed by atoms with E-state index in [4.69, 9.17) is 4.74 Å². The first kappa shape index (κ1) is 20.6. The molecule has 1 aliphatic carbocycles. The number of hydrogen-bond acceptors (Lipinski definition) is 6. The van der Waals surface area contributed by atoms with Crippen molar-refractivity contribution in [2.75, 3.05) is 24.6 Å². The minimum atomic E-state index is -0.177. The van der Waals surface area contributed by atoms with Gasteiger partial charge in [0.25, 0.3) is 0 Å². The molecule has 0 radical (unpaired) electrons. The summed E-state index contributed by atoms with van der Waals surface area (Å²) < 4.78 is 6.79. The molecule has 3 atom stereocenters. The molecule has 164 valence electrons. The summed E-state index contributed by atoms with van der Waals surface area (Å²) in [7, 11) is 0. The molecule has 31 heavy (non-hydrogen) atoms. The van der Waals surface area contributed by atoms with E-state index in [0.29, 0.717) is 18.3 Å².